The van der Waals surface area contributed by atoms with Gasteiger partial charge in [-0.25, -0.2) is 0 Å². The summed E-state index contributed by atoms with van der Waals surface area (Å²) in [5.41, 5.74) is 0. The Morgan fingerprint density at radius 3 is 0.684 bits per heavy atom. The minimum Gasteiger partial charge on any atom is -0.0654 e. The quantitative estimate of drug-likeness (QED) is 0.0875. The summed E-state index contributed by atoms with van der Waals surface area (Å²) in [6.45, 7) is 22.0. The Balaban J connectivity index is 3.64. The molecule has 0 fully saturated rings. The molecular formula is C38H78. The second kappa shape index (κ2) is 25.9. The maximum Gasteiger partial charge on any atom is -0.0443 e. The monoisotopic (exact) mass is 535 g/mol. The smallest absolute Gasteiger partial charge is 0.0443 e. The van der Waals surface area contributed by atoms with Crippen molar-refractivity contribution in [2.75, 3.05) is 0 Å². The van der Waals surface area contributed by atoms with Crippen molar-refractivity contribution in [1.82, 2.24) is 0 Å². The van der Waals surface area contributed by atoms with E-state index in [-0.39, 0.29) is 0 Å². The number of unbranched alkanes of at least 4 members (excludes halogenated alkanes) is 2. The molecule has 0 nitrogen and oxygen atoms in total. The molecule has 0 spiro atoms. The van der Waals surface area contributed by atoms with Gasteiger partial charge in [-0.3, -0.25) is 0 Å². The van der Waals surface area contributed by atoms with E-state index < -0.39 is 0 Å². The van der Waals surface area contributed by atoms with Crippen molar-refractivity contribution in [3.63, 3.8) is 0 Å². The third-order valence-electron chi connectivity index (χ3n) is 9.75. The van der Waals surface area contributed by atoms with Crippen LogP contribution in [0.15, 0.2) is 0 Å². The Labute approximate surface area is 244 Å². The van der Waals surface area contributed by atoms with Crippen molar-refractivity contribution in [1.29, 1.82) is 0 Å². The minimum absolute atomic E-state index is 0.875. The lowest BCUT2D eigenvalue weighted by molar-refractivity contribution is 0.356. The van der Waals surface area contributed by atoms with E-state index in [9.17, 15) is 0 Å². The van der Waals surface area contributed by atoms with Gasteiger partial charge in [-0.2, -0.15) is 0 Å². The average Bonchev–Trinajstić information content (AvgIpc) is 2.84. The van der Waals surface area contributed by atoms with Crippen LogP contribution in [0.3, 0.4) is 0 Å². The first-order valence-electron chi connectivity index (χ1n) is 18.1. The molecule has 6 unspecified atom stereocenters. The van der Waals surface area contributed by atoms with E-state index in [4.69, 9.17) is 0 Å². The van der Waals surface area contributed by atoms with Crippen molar-refractivity contribution in [3.05, 3.63) is 0 Å². The van der Waals surface area contributed by atoms with Crippen molar-refractivity contribution in [3.8, 4) is 0 Å². The highest BCUT2D eigenvalue weighted by Crippen LogP contribution is 2.26. The van der Waals surface area contributed by atoms with E-state index in [0.717, 1.165) is 41.4 Å². The maximum absolute atomic E-state index is 2.51. The van der Waals surface area contributed by atoms with E-state index in [1.165, 1.54) is 141 Å². The molecule has 0 aromatic heterocycles. The van der Waals surface area contributed by atoms with E-state index in [0.29, 0.717) is 0 Å². The van der Waals surface area contributed by atoms with Crippen LogP contribution in [-0.2, 0) is 0 Å². The molecule has 0 saturated heterocycles. The summed E-state index contributed by atoms with van der Waals surface area (Å²) in [4.78, 5) is 0. The highest BCUT2D eigenvalue weighted by Gasteiger charge is 2.10. The second-order valence-electron chi connectivity index (χ2n) is 15.1. The Morgan fingerprint density at radius 2 is 0.474 bits per heavy atom. The van der Waals surface area contributed by atoms with Crippen LogP contribution >= 0.6 is 0 Å². The van der Waals surface area contributed by atoms with Crippen molar-refractivity contribution in [2.45, 2.75) is 204 Å². The van der Waals surface area contributed by atoms with Gasteiger partial charge in [0.2, 0.25) is 0 Å². The molecule has 0 aliphatic carbocycles. The van der Waals surface area contributed by atoms with E-state index >= 15 is 0 Å². The normalized spacial score (nSPS) is 16.9. The topological polar surface area (TPSA) is 0 Å². The predicted octanol–water partition coefficient (Wildman–Crippen LogP) is 14.1. The molecule has 0 rings (SSSR count). The van der Waals surface area contributed by atoms with Gasteiger partial charge < -0.3 is 0 Å². The van der Waals surface area contributed by atoms with E-state index in [1.54, 1.807) is 0 Å². The van der Waals surface area contributed by atoms with Crippen molar-refractivity contribution in [2.24, 2.45) is 41.4 Å². The molecule has 0 amide bonds. The Bertz CT molecular complexity index is 465. The van der Waals surface area contributed by atoms with Gasteiger partial charge in [-0.05, 0) is 41.4 Å². The summed E-state index contributed by atoms with van der Waals surface area (Å²) in [6.07, 6.45) is 31.8. The molecule has 230 valence electrons. The lowest BCUT2D eigenvalue weighted by Crippen LogP contribution is -2.03. The first kappa shape index (κ1) is 38.0. The lowest BCUT2D eigenvalue weighted by Gasteiger charge is -2.17. The highest BCUT2D eigenvalue weighted by molar-refractivity contribution is 4.64. The third-order valence-corrected chi connectivity index (χ3v) is 9.75. The van der Waals surface area contributed by atoms with Crippen LogP contribution < -0.4 is 0 Å². The van der Waals surface area contributed by atoms with Gasteiger partial charge in [0.05, 0.1) is 0 Å². The molecule has 0 radical (unpaired) electrons. The summed E-state index contributed by atoms with van der Waals surface area (Å²) >= 11 is 0. The number of rotatable bonds is 28. The molecule has 0 aromatic carbocycles. The summed E-state index contributed by atoms with van der Waals surface area (Å²) in [6, 6.07) is 0. The van der Waals surface area contributed by atoms with Gasteiger partial charge in [0.25, 0.3) is 0 Å². The summed E-state index contributed by atoms with van der Waals surface area (Å²) in [5, 5.41) is 0. The number of hydrogen-bond donors (Lipinski definition) is 0. The zero-order valence-electron chi connectivity index (χ0n) is 28.6. The average molecular weight is 535 g/mol. The molecule has 0 heterocycles. The fourth-order valence-corrected chi connectivity index (χ4v) is 6.56. The van der Waals surface area contributed by atoms with Gasteiger partial charge in [0.15, 0.2) is 0 Å². The standard InChI is InChI=1S/C38H78/c1-10-11-12-20-33(4)22-14-24-35(6)26-16-28-37(8)30-18-31-38(9)29-17-27-36(7)25-15-23-34(5)21-13-19-32(2)3/h32-38H,10-31H2,1-9H3. The maximum atomic E-state index is 2.51. The Kier molecular flexibility index (Phi) is 25.9. The molecule has 0 bridgehead atoms. The van der Waals surface area contributed by atoms with Crippen molar-refractivity contribution >= 4 is 0 Å². The molecule has 0 aromatic rings. The molecule has 0 saturated carbocycles. The molecule has 38 heavy (non-hydrogen) atoms. The Hall–Kier alpha value is 0. The predicted molar refractivity (Wildman–Crippen MR) is 177 cm³/mol. The van der Waals surface area contributed by atoms with Crippen LogP contribution in [0.1, 0.15) is 204 Å². The Morgan fingerprint density at radius 1 is 0.263 bits per heavy atom. The highest BCUT2D eigenvalue weighted by atomic mass is 14.2. The van der Waals surface area contributed by atoms with E-state index in [2.05, 4.69) is 62.3 Å². The fraction of sp³-hybridized carbons (Fsp3) is 1.00. The van der Waals surface area contributed by atoms with Crippen molar-refractivity contribution < 1.29 is 0 Å². The zero-order chi connectivity index (χ0) is 28.6. The first-order chi connectivity index (χ1) is 18.1. The van der Waals surface area contributed by atoms with Gasteiger partial charge >= 0.3 is 0 Å². The van der Waals surface area contributed by atoms with Crippen LogP contribution in [-0.4, -0.2) is 0 Å². The minimum atomic E-state index is 0.875. The second-order valence-corrected chi connectivity index (χ2v) is 15.1. The van der Waals surface area contributed by atoms with Crippen LogP contribution in [0.4, 0.5) is 0 Å². The molecular weight excluding hydrogens is 456 g/mol. The first-order valence-corrected chi connectivity index (χ1v) is 18.1. The van der Waals surface area contributed by atoms with Gasteiger partial charge in [0, 0.05) is 0 Å². The lowest BCUT2D eigenvalue weighted by atomic mass is 9.89. The number of hydrogen-bond acceptors (Lipinski definition) is 0. The van der Waals surface area contributed by atoms with Crippen LogP contribution in [0.5, 0.6) is 0 Å². The molecule has 6 atom stereocenters. The van der Waals surface area contributed by atoms with Gasteiger partial charge in [-0.15, -0.1) is 0 Å². The summed E-state index contributed by atoms with van der Waals surface area (Å²) in [7, 11) is 0. The molecule has 0 aliphatic heterocycles. The SMILES string of the molecule is CCCCCC(C)CCCC(C)CCCC(C)CCCC(C)CCCC(C)CCCC(C)CCCC(C)C. The van der Waals surface area contributed by atoms with Gasteiger partial charge in [0.1, 0.15) is 0 Å². The van der Waals surface area contributed by atoms with Crippen LogP contribution in [0.25, 0.3) is 0 Å². The molecule has 0 aliphatic rings. The zero-order valence-corrected chi connectivity index (χ0v) is 28.6. The van der Waals surface area contributed by atoms with Crippen LogP contribution in [0.2, 0.25) is 0 Å². The fourth-order valence-electron chi connectivity index (χ4n) is 6.56. The molecule has 0 heteroatoms. The summed E-state index contributed by atoms with van der Waals surface area (Å²) < 4.78 is 0. The summed E-state index contributed by atoms with van der Waals surface area (Å²) in [5.74, 6) is 6.49. The van der Waals surface area contributed by atoms with Crippen LogP contribution in [0, 0.1) is 41.4 Å². The van der Waals surface area contributed by atoms with Gasteiger partial charge in [-0.1, -0.05) is 204 Å². The van der Waals surface area contributed by atoms with E-state index in [1.807, 2.05) is 0 Å². The largest absolute Gasteiger partial charge is 0.0654 e. The third kappa shape index (κ3) is 26.2. The molecule has 0 N–H and O–H groups in total.